The smallest absolute Gasteiger partial charge is 0.151 e. The third kappa shape index (κ3) is 3.01. The average Bonchev–Trinajstić information content (AvgIpc) is 1.89. The van der Waals surface area contributed by atoms with Gasteiger partial charge in [0.1, 0.15) is 0 Å². The highest BCUT2D eigenvalue weighted by molar-refractivity contribution is 8.45. The van der Waals surface area contributed by atoms with Crippen LogP contribution in [0, 0.1) is 0 Å². The molecule has 1 heterocycles. The molecule has 0 aliphatic carbocycles. The minimum Gasteiger partial charge on any atom is -0.168 e. The third-order valence-electron chi connectivity index (χ3n) is 1.10. The Balaban J connectivity index is 2.32. The molecule has 0 nitrogen and oxygen atoms in total. The van der Waals surface area contributed by atoms with Crippen LogP contribution in [0.5, 0.6) is 0 Å². The van der Waals surface area contributed by atoms with Gasteiger partial charge in [0.15, 0.2) is 2.74 Å². The zero-order chi connectivity index (χ0) is 7.45. The van der Waals surface area contributed by atoms with Gasteiger partial charge in [0, 0.05) is 5.08 Å². The molecule has 0 aromatic carbocycles. The summed E-state index contributed by atoms with van der Waals surface area (Å²) in [5.41, 5.74) is 0. The molecule has 0 aromatic heterocycles. The van der Waals surface area contributed by atoms with Crippen LogP contribution in [-0.4, -0.2) is 19.3 Å². The van der Waals surface area contributed by atoms with Crippen LogP contribution in [0.15, 0.2) is 0 Å². The zero-order valence-corrected chi connectivity index (χ0v) is 9.69. The van der Waals surface area contributed by atoms with Gasteiger partial charge in [0.25, 0.3) is 0 Å². The summed E-state index contributed by atoms with van der Waals surface area (Å²) in [4.78, 5) is 0. The largest absolute Gasteiger partial charge is 0.168 e. The van der Waals surface area contributed by atoms with E-state index in [1.165, 1.54) is 17.9 Å². The predicted octanol–water partition coefficient (Wildman–Crippen LogP) is 3.02. The van der Waals surface area contributed by atoms with Gasteiger partial charge in [-0.15, -0.1) is 47.9 Å². The second kappa shape index (κ2) is 4.70. The Morgan fingerprint density at radius 3 is 2.50 bits per heavy atom. The highest BCUT2D eigenvalue weighted by Gasteiger charge is 2.29. The fourth-order valence-corrected chi connectivity index (χ4v) is 6.61. The minimum atomic E-state index is 0.0972. The number of hydrogen-bond donors (Lipinski definition) is 2. The Morgan fingerprint density at radius 2 is 2.00 bits per heavy atom. The quantitative estimate of drug-likeness (QED) is 0.553. The maximum absolute atomic E-state index is 4.57. The summed E-state index contributed by atoms with van der Waals surface area (Å²) in [6, 6.07) is 0. The van der Waals surface area contributed by atoms with E-state index in [1.54, 1.807) is 0 Å². The summed E-state index contributed by atoms with van der Waals surface area (Å²) < 4.78 is 0.0972. The Morgan fingerprint density at radius 1 is 1.40 bits per heavy atom. The summed E-state index contributed by atoms with van der Waals surface area (Å²) in [6.45, 7) is 0. The lowest BCUT2D eigenvalue weighted by molar-refractivity contribution is 1.11. The van der Waals surface area contributed by atoms with Crippen LogP contribution in [0.2, 0.25) is 0 Å². The lowest BCUT2D eigenvalue weighted by atomic mass is 10.6. The molecule has 0 saturated carbocycles. The van der Waals surface area contributed by atoms with Gasteiger partial charge < -0.3 is 0 Å². The van der Waals surface area contributed by atoms with Crippen molar-refractivity contribution in [3.05, 3.63) is 0 Å². The molecule has 1 rings (SSSR count). The molecule has 1 saturated heterocycles. The van der Waals surface area contributed by atoms with Gasteiger partial charge >= 0.3 is 0 Å². The van der Waals surface area contributed by atoms with E-state index in [9.17, 15) is 0 Å². The van der Waals surface area contributed by atoms with E-state index < -0.39 is 0 Å². The molecule has 60 valence electrons. The number of thioether (sulfide) groups is 3. The van der Waals surface area contributed by atoms with Crippen molar-refractivity contribution in [1.29, 1.82) is 0 Å². The van der Waals surface area contributed by atoms with Crippen molar-refractivity contribution in [2.75, 3.05) is 16.6 Å². The molecule has 0 spiro atoms. The molecule has 10 heavy (non-hydrogen) atoms. The van der Waals surface area contributed by atoms with Gasteiger partial charge in [0.05, 0.1) is 0 Å². The molecule has 1 fully saturated rings. The highest BCUT2D eigenvalue weighted by atomic mass is 32.3. The van der Waals surface area contributed by atoms with E-state index >= 15 is 0 Å². The van der Waals surface area contributed by atoms with Gasteiger partial charge in [-0.05, 0) is 17.9 Å². The molecule has 1 aliphatic rings. The van der Waals surface area contributed by atoms with E-state index in [2.05, 4.69) is 25.3 Å². The zero-order valence-electron chi connectivity index (χ0n) is 5.45. The first-order chi connectivity index (χ1) is 4.77. The van der Waals surface area contributed by atoms with E-state index in [4.69, 9.17) is 0 Å². The second-order valence-corrected chi connectivity index (χ2v) is 8.75. The summed E-state index contributed by atoms with van der Waals surface area (Å²) in [5.74, 6) is 2.49. The monoisotopic (exact) mass is 230 g/mol. The molecule has 0 aromatic rings. The van der Waals surface area contributed by atoms with E-state index in [-0.39, 0.29) is 2.74 Å². The number of thiol groups is 2. The van der Waals surface area contributed by atoms with Crippen molar-refractivity contribution in [3.63, 3.8) is 0 Å². The van der Waals surface area contributed by atoms with E-state index in [0.29, 0.717) is 0 Å². The van der Waals surface area contributed by atoms with Crippen LogP contribution in [0.4, 0.5) is 0 Å². The normalized spacial score (nSPS) is 24.6. The fourth-order valence-electron chi connectivity index (χ4n) is 0.668. The van der Waals surface area contributed by atoms with Crippen LogP contribution < -0.4 is 0 Å². The Labute approximate surface area is 85.9 Å². The predicted molar refractivity (Wildman–Crippen MR) is 62.7 cm³/mol. The number of rotatable bonds is 2. The lowest BCUT2D eigenvalue weighted by Crippen LogP contribution is -2.13. The van der Waals surface area contributed by atoms with Crippen molar-refractivity contribution < 1.29 is 0 Å². The van der Waals surface area contributed by atoms with Crippen molar-refractivity contribution in [3.8, 4) is 0 Å². The molecule has 0 bridgehead atoms. The molecular formula is C5H10S5. The maximum Gasteiger partial charge on any atom is 0.151 e. The van der Waals surface area contributed by atoms with Crippen LogP contribution in [0.1, 0.15) is 6.42 Å². The van der Waals surface area contributed by atoms with E-state index in [0.717, 1.165) is 5.08 Å². The molecule has 0 amide bonds. The molecule has 5 heteroatoms. The third-order valence-corrected chi connectivity index (χ3v) is 6.98. The highest BCUT2D eigenvalue weighted by Crippen LogP contribution is 2.53. The SMILES string of the molecule is SCSC1(S)SCCCS1. The maximum atomic E-state index is 4.57. The van der Waals surface area contributed by atoms with Gasteiger partial charge in [-0.1, -0.05) is 0 Å². The lowest BCUT2D eigenvalue weighted by Gasteiger charge is -2.29. The van der Waals surface area contributed by atoms with Gasteiger partial charge in [-0.3, -0.25) is 0 Å². The second-order valence-electron chi connectivity index (χ2n) is 1.85. The summed E-state index contributed by atoms with van der Waals surface area (Å²) in [6.07, 6.45) is 1.32. The standard InChI is InChI=1S/C5H10S5/c6-4-10-5(7)8-2-1-3-9-5/h6-7H,1-4H2. The molecule has 0 atom stereocenters. The van der Waals surface area contributed by atoms with Crippen LogP contribution in [-0.2, 0) is 0 Å². The first kappa shape index (κ1) is 9.84. The summed E-state index contributed by atoms with van der Waals surface area (Å²) >= 11 is 14.4. The Hall–Kier alpha value is 1.75. The van der Waals surface area contributed by atoms with Gasteiger partial charge in [0.2, 0.25) is 0 Å². The summed E-state index contributed by atoms with van der Waals surface area (Å²) in [5, 5.41) is 0.865. The van der Waals surface area contributed by atoms with Gasteiger partial charge in [-0.25, -0.2) is 0 Å². The first-order valence-corrected chi connectivity index (χ1v) is 7.05. The van der Waals surface area contributed by atoms with Gasteiger partial charge in [-0.2, -0.15) is 12.6 Å². The van der Waals surface area contributed by atoms with E-state index in [1.807, 2.05) is 35.3 Å². The summed E-state index contributed by atoms with van der Waals surface area (Å²) in [7, 11) is 0. The molecule has 0 N–H and O–H groups in total. The average molecular weight is 230 g/mol. The van der Waals surface area contributed by atoms with Crippen molar-refractivity contribution in [2.45, 2.75) is 9.16 Å². The Kier molecular flexibility index (Phi) is 4.62. The number of hydrogen-bond acceptors (Lipinski definition) is 5. The molecule has 0 radical (unpaired) electrons. The van der Waals surface area contributed by atoms with Crippen LogP contribution in [0.3, 0.4) is 0 Å². The van der Waals surface area contributed by atoms with Crippen LogP contribution in [0.25, 0.3) is 0 Å². The van der Waals surface area contributed by atoms with Crippen molar-refractivity contribution in [1.82, 2.24) is 0 Å². The van der Waals surface area contributed by atoms with Crippen molar-refractivity contribution >= 4 is 60.5 Å². The molecule has 0 unspecified atom stereocenters. The van der Waals surface area contributed by atoms with Crippen LogP contribution >= 0.6 is 60.5 Å². The fraction of sp³-hybridized carbons (Fsp3) is 1.00. The molecule has 1 aliphatic heterocycles. The Bertz CT molecular complexity index is 92.7. The minimum absolute atomic E-state index is 0.0972. The first-order valence-electron chi connectivity index (χ1n) is 3.02. The van der Waals surface area contributed by atoms with Crippen molar-refractivity contribution in [2.24, 2.45) is 0 Å². The topological polar surface area (TPSA) is 0 Å². The molecular weight excluding hydrogens is 220 g/mol.